The molecule has 20 heavy (non-hydrogen) atoms. The molecule has 1 N–H and O–H groups in total. The van der Waals surface area contributed by atoms with Crippen LogP contribution in [0.2, 0.25) is 19.6 Å². The molecule has 2 heteroatoms. The lowest BCUT2D eigenvalue weighted by molar-refractivity contribution is 0.456. The predicted octanol–water partition coefficient (Wildman–Crippen LogP) is 3.37. The van der Waals surface area contributed by atoms with Crippen molar-refractivity contribution >= 4 is 13.3 Å². The molecular weight excluding hydrogens is 258 g/mol. The minimum absolute atomic E-state index is 0.859. The van der Waals surface area contributed by atoms with E-state index >= 15 is 0 Å². The maximum Gasteiger partial charge on any atom is 0.0775 e. The normalized spacial score (nSPS) is 38.0. The fourth-order valence-electron chi connectivity index (χ4n) is 4.96. The van der Waals surface area contributed by atoms with Crippen molar-refractivity contribution in [1.29, 1.82) is 0 Å². The standard InChI is InChI=1S/C18H27NSi/c1-20(2,3)15-8-4-12(5-9-15)11-19-18-16-13-6-7-14(10-13)17(16)18/h4-5,8-9,13-14,16-19H,6-7,10-11H2,1-3H3. The van der Waals surface area contributed by atoms with Gasteiger partial charge in [0.25, 0.3) is 0 Å². The minimum atomic E-state index is -1.14. The SMILES string of the molecule is C[Si](C)(C)c1ccc(CNC2C3C4CCC(C4)C23)cc1. The second-order valence-corrected chi connectivity index (χ2v) is 13.4. The molecule has 3 fully saturated rings. The molecule has 3 aliphatic carbocycles. The lowest BCUT2D eigenvalue weighted by Crippen LogP contribution is -2.37. The molecule has 3 saturated carbocycles. The van der Waals surface area contributed by atoms with Gasteiger partial charge in [0.1, 0.15) is 0 Å². The summed E-state index contributed by atoms with van der Waals surface area (Å²) in [5.41, 5.74) is 1.46. The first-order valence-corrected chi connectivity index (χ1v) is 11.9. The number of nitrogens with one attached hydrogen (secondary N) is 1. The summed E-state index contributed by atoms with van der Waals surface area (Å²) in [7, 11) is -1.14. The van der Waals surface area contributed by atoms with Crippen molar-refractivity contribution in [3.05, 3.63) is 29.8 Å². The van der Waals surface area contributed by atoms with Crippen LogP contribution in [0.3, 0.4) is 0 Å². The summed E-state index contributed by atoms with van der Waals surface area (Å²) in [6, 6.07) is 10.3. The van der Waals surface area contributed by atoms with E-state index in [9.17, 15) is 0 Å². The van der Waals surface area contributed by atoms with Crippen LogP contribution in [0.5, 0.6) is 0 Å². The Morgan fingerprint density at radius 2 is 1.60 bits per heavy atom. The van der Waals surface area contributed by atoms with E-state index in [1.165, 1.54) is 18.4 Å². The van der Waals surface area contributed by atoms with Crippen LogP contribution in [0, 0.1) is 23.7 Å². The fraction of sp³-hybridized carbons (Fsp3) is 0.667. The van der Waals surface area contributed by atoms with Crippen LogP contribution in [-0.2, 0) is 6.54 Å². The highest BCUT2D eigenvalue weighted by atomic mass is 28.3. The van der Waals surface area contributed by atoms with Gasteiger partial charge in [0, 0.05) is 12.6 Å². The van der Waals surface area contributed by atoms with E-state index in [1.54, 1.807) is 11.6 Å². The second kappa shape index (κ2) is 4.44. The van der Waals surface area contributed by atoms with E-state index in [1.807, 2.05) is 0 Å². The molecular formula is C18H27NSi. The van der Waals surface area contributed by atoms with Gasteiger partial charge in [0.15, 0.2) is 0 Å². The Balaban J connectivity index is 1.35. The van der Waals surface area contributed by atoms with Gasteiger partial charge in [-0.15, -0.1) is 0 Å². The Kier molecular flexibility index (Phi) is 2.91. The lowest BCUT2D eigenvalue weighted by Gasteiger charge is -2.17. The quantitative estimate of drug-likeness (QED) is 0.837. The van der Waals surface area contributed by atoms with E-state index in [-0.39, 0.29) is 0 Å². The number of hydrogen-bond acceptors (Lipinski definition) is 1. The van der Waals surface area contributed by atoms with Crippen LogP contribution in [0.4, 0.5) is 0 Å². The molecule has 0 aromatic heterocycles. The molecule has 0 saturated heterocycles. The van der Waals surface area contributed by atoms with Gasteiger partial charge >= 0.3 is 0 Å². The van der Waals surface area contributed by atoms with Gasteiger partial charge in [-0.2, -0.15) is 0 Å². The first-order chi connectivity index (χ1) is 9.54. The van der Waals surface area contributed by atoms with Crippen molar-refractivity contribution in [3.63, 3.8) is 0 Å². The second-order valence-electron chi connectivity index (χ2n) is 8.34. The average Bonchev–Trinajstić information content (AvgIpc) is 2.79. The first-order valence-electron chi connectivity index (χ1n) is 8.37. The first kappa shape index (κ1) is 13.1. The molecule has 0 heterocycles. The highest BCUT2D eigenvalue weighted by Crippen LogP contribution is 2.65. The highest BCUT2D eigenvalue weighted by molar-refractivity contribution is 6.88. The molecule has 4 unspecified atom stereocenters. The van der Waals surface area contributed by atoms with E-state index in [4.69, 9.17) is 0 Å². The fourth-order valence-corrected chi connectivity index (χ4v) is 6.12. The molecule has 0 spiro atoms. The lowest BCUT2D eigenvalue weighted by atomic mass is 10.0. The van der Waals surface area contributed by atoms with E-state index in [0.29, 0.717) is 0 Å². The maximum atomic E-state index is 3.85. The predicted molar refractivity (Wildman–Crippen MR) is 87.9 cm³/mol. The molecule has 3 aliphatic rings. The van der Waals surface area contributed by atoms with Crippen molar-refractivity contribution < 1.29 is 0 Å². The van der Waals surface area contributed by atoms with E-state index < -0.39 is 8.07 Å². The van der Waals surface area contributed by atoms with Crippen LogP contribution in [0.1, 0.15) is 24.8 Å². The molecule has 108 valence electrons. The third-order valence-electron chi connectivity index (χ3n) is 6.10. The molecule has 4 rings (SSSR count). The van der Waals surface area contributed by atoms with Gasteiger partial charge in [-0.3, -0.25) is 0 Å². The third kappa shape index (κ3) is 2.08. The summed E-state index contributed by atoms with van der Waals surface area (Å²) < 4.78 is 0. The molecule has 2 bridgehead atoms. The summed E-state index contributed by atoms with van der Waals surface area (Å²) in [5.74, 6) is 4.26. The topological polar surface area (TPSA) is 12.0 Å². The van der Waals surface area contributed by atoms with Crippen LogP contribution >= 0.6 is 0 Å². The van der Waals surface area contributed by atoms with Gasteiger partial charge in [-0.05, 0) is 48.5 Å². The molecule has 1 nitrogen and oxygen atoms in total. The van der Waals surface area contributed by atoms with Gasteiger partial charge in [0.2, 0.25) is 0 Å². The third-order valence-corrected chi connectivity index (χ3v) is 8.16. The summed E-state index contributed by atoms with van der Waals surface area (Å²) >= 11 is 0. The monoisotopic (exact) mass is 285 g/mol. The van der Waals surface area contributed by atoms with E-state index in [2.05, 4.69) is 49.2 Å². The Morgan fingerprint density at radius 3 is 2.15 bits per heavy atom. The summed E-state index contributed by atoms with van der Waals surface area (Å²) in [6.45, 7) is 8.33. The van der Waals surface area contributed by atoms with Gasteiger partial charge in [0.05, 0.1) is 8.07 Å². The van der Waals surface area contributed by atoms with Gasteiger partial charge in [-0.1, -0.05) is 49.1 Å². The zero-order valence-corrected chi connectivity index (χ0v) is 14.0. The Morgan fingerprint density at radius 1 is 1.00 bits per heavy atom. The van der Waals surface area contributed by atoms with Crippen LogP contribution in [0.25, 0.3) is 0 Å². The number of fused-ring (bicyclic) bond motifs is 5. The highest BCUT2D eigenvalue weighted by Gasteiger charge is 2.64. The molecule has 0 radical (unpaired) electrons. The molecule has 0 aliphatic heterocycles. The van der Waals surface area contributed by atoms with Gasteiger partial charge < -0.3 is 5.32 Å². The number of benzene rings is 1. The molecule has 4 atom stereocenters. The number of rotatable bonds is 4. The van der Waals surface area contributed by atoms with Crippen molar-refractivity contribution in [1.82, 2.24) is 5.32 Å². The van der Waals surface area contributed by atoms with E-state index in [0.717, 1.165) is 36.3 Å². The molecule has 1 aromatic rings. The van der Waals surface area contributed by atoms with Crippen molar-refractivity contribution in [2.45, 2.75) is 51.5 Å². The molecule has 1 aromatic carbocycles. The summed E-state index contributed by atoms with van der Waals surface area (Å²) in [4.78, 5) is 0. The van der Waals surface area contributed by atoms with Crippen molar-refractivity contribution in [3.8, 4) is 0 Å². The minimum Gasteiger partial charge on any atom is -0.309 e. The van der Waals surface area contributed by atoms with Crippen molar-refractivity contribution in [2.75, 3.05) is 0 Å². The van der Waals surface area contributed by atoms with Crippen LogP contribution < -0.4 is 10.5 Å². The maximum absolute atomic E-state index is 3.85. The van der Waals surface area contributed by atoms with Gasteiger partial charge in [-0.25, -0.2) is 0 Å². The Labute approximate surface area is 124 Å². The molecule has 0 amide bonds. The summed E-state index contributed by atoms with van der Waals surface area (Å²) in [5, 5.41) is 5.42. The zero-order chi connectivity index (χ0) is 13.9. The van der Waals surface area contributed by atoms with Crippen molar-refractivity contribution in [2.24, 2.45) is 23.7 Å². The number of hydrogen-bond donors (Lipinski definition) is 1. The van der Waals surface area contributed by atoms with Crippen LogP contribution in [0.15, 0.2) is 24.3 Å². The average molecular weight is 286 g/mol. The summed E-state index contributed by atoms with van der Waals surface area (Å²) in [6.07, 6.45) is 4.60. The zero-order valence-electron chi connectivity index (χ0n) is 13.0. The van der Waals surface area contributed by atoms with Crippen LogP contribution in [-0.4, -0.2) is 14.1 Å². The smallest absolute Gasteiger partial charge is 0.0775 e. The largest absolute Gasteiger partial charge is 0.309 e. The Bertz CT molecular complexity index is 485. The Hall–Kier alpha value is -0.603.